The minimum absolute atomic E-state index is 0.264. The Morgan fingerprint density at radius 1 is 1.46 bits per heavy atom. The van der Waals surface area contributed by atoms with Gasteiger partial charge in [0.2, 0.25) is 0 Å². The Labute approximate surface area is 78.3 Å². The normalized spacial score (nSPS) is 19.7. The Morgan fingerprint density at radius 3 is 2.31 bits per heavy atom. The van der Waals surface area contributed by atoms with Crippen molar-refractivity contribution in [3.63, 3.8) is 0 Å². The molecule has 4 nitrogen and oxygen atoms in total. The van der Waals surface area contributed by atoms with Crippen molar-refractivity contribution in [3.8, 4) is 0 Å². The van der Waals surface area contributed by atoms with Crippen molar-refractivity contribution in [2.24, 2.45) is 11.8 Å². The standard InChI is InChI=1S/C9H17NO3/c1-9(2,3)12-8(11)7(13-10)6-4-5-6/h6-7H,4-5,10H2,1-3H3/t7-/m0/s1. The molecule has 76 valence electrons. The van der Waals surface area contributed by atoms with E-state index in [9.17, 15) is 4.79 Å². The summed E-state index contributed by atoms with van der Waals surface area (Å²) < 4.78 is 5.15. The molecule has 0 saturated heterocycles. The molecular weight excluding hydrogens is 170 g/mol. The number of nitrogens with two attached hydrogens (primary N) is 1. The van der Waals surface area contributed by atoms with E-state index in [1.807, 2.05) is 20.8 Å². The zero-order valence-electron chi connectivity index (χ0n) is 8.37. The van der Waals surface area contributed by atoms with Gasteiger partial charge in [0.1, 0.15) is 5.60 Å². The van der Waals surface area contributed by atoms with E-state index in [1.54, 1.807) is 0 Å². The molecule has 0 amide bonds. The number of hydrogen-bond acceptors (Lipinski definition) is 4. The van der Waals surface area contributed by atoms with E-state index in [0.29, 0.717) is 0 Å². The molecule has 1 rings (SSSR count). The minimum Gasteiger partial charge on any atom is -0.458 e. The smallest absolute Gasteiger partial charge is 0.338 e. The van der Waals surface area contributed by atoms with Crippen LogP contribution in [0.5, 0.6) is 0 Å². The Balaban J connectivity index is 2.44. The van der Waals surface area contributed by atoms with E-state index < -0.39 is 11.7 Å². The summed E-state index contributed by atoms with van der Waals surface area (Å²) in [5, 5.41) is 0. The molecule has 13 heavy (non-hydrogen) atoms. The summed E-state index contributed by atoms with van der Waals surface area (Å²) in [5.74, 6) is 4.95. The Hall–Kier alpha value is -0.610. The maximum atomic E-state index is 11.4. The van der Waals surface area contributed by atoms with Gasteiger partial charge in [-0.25, -0.2) is 10.7 Å². The van der Waals surface area contributed by atoms with Crippen molar-refractivity contribution in [2.75, 3.05) is 0 Å². The van der Waals surface area contributed by atoms with E-state index in [4.69, 9.17) is 10.6 Å². The number of carbonyl (C=O) groups is 1. The maximum absolute atomic E-state index is 11.4. The van der Waals surface area contributed by atoms with Crippen molar-refractivity contribution in [1.29, 1.82) is 0 Å². The molecular formula is C9H17NO3. The van der Waals surface area contributed by atoms with Crippen molar-refractivity contribution in [1.82, 2.24) is 0 Å². The number of carbonyl (C=O) groups excluding carboxylic acids is 1. The first-order valence-corrected chi connectivity index (χ1v) is 4.52. The average Bonchev–Trinajstić information content (AvgIpc) is 2.68. The molecule has 2 N–H and O–H groups in total. The molecule has 0 unspecified atom stereocenters. The molecule has 1 aliphatic carbocycles. The predicted octanol–water partition coefficient (Wildman–Crippen LogP) is 0.997. The lowest BCUT2D eigenvalue weighted by Crippen LogP contribution is -2.36. The fraction of sp³-hybridized carbons (Fsp3) is 0.889. The van der Waals surface area contributed by atoms with Gasteiger partial charge in [-0.2, -0.15) is 0 Å². The zero-order chi connectivity index (χ0) is 10.1. The third-order valence-corrected chi connectivity index (χ3v) is 1.84. The van der Waals surface area contributed by atoms with Crippen LogP contribution in [0.25, 0.3) is 0 Å². The average molecular weight is 187 g/mol. The maximum Gasteiger partial charge on any atom is 0.338 e. The molecule has 0 spiro atoms. The van der Waals surface area contributed by atoms with Crippen LogP contribution >= 0.6 is 0 Å². The van der Waals surface area contributed by atoms with Gasteiger partial charge in [0.25, 0.3) is 0 Å². The molecule has 0 bridgehead atoms. The van der Waals surface area contributed by atoms with Gasteiger partial charge in [0, 0.05) is 0 Å². The number of ether oxygens (including phenoxy) is 1. The first kappa shape index (κ1) is 10.5. The summed E-state index contributed by atoms with van der Waals surface area (Å²) in [7, 11) is 0. The van der Waals surface area contributed by atoms with Gasteiger partial charge < -0.3 is 4.74 Å². The van der Waals surface area contributed by atoms with Crippen LogP contribution in [0.3, 0.4) is 0 Å². The minimum atomic E-state index is -0.570. The van der Waals surface area contributed by atoms with Crippen molar-refractivity contribution >= 4 is 5.97 Å². The van der Waals surface area contributed by atoms with Gasteiger partial charge in [-0.1, -0.05) is 0 Å². The van der Waals surface area contributed by atoms with Gasteiger partial charge in [0.05, 0.1) is 0 Å². The van der Waals surface area contributed by atoms with Crippen LogP contribution in [-0.2, 0) is 14.4 Å². The molecule has 4 heteroatoms. The lowest BCUT2D eigenvalue weighted by atomic mass is 10.2. The Morgan fingerprint density at radius 2 is 2.00 bits per heavy atom. The third kappa shape index (κ3) is 3.32. The second-order valence-corrected chi connectivity index (χ2v) is 4.43. The van der Waals surface area contributed by atoms with Gasteiger partial charge in [-0.3, -0.25) is 4.84 Å². The lowest BCUT2D eigenvalue weighted by molar-refractivity contribution is -0.170. The zero-order valence-corrected chi connectivity index (χ0v) is 8.37. The molecule has 1 atom stereocenters. The first-order chi connectivity index (χ1) is 5.94. The lowest BCUT2D eigenvalue weighted by Gasteiger charge is -2.22. The quantitative estimate of drug-likeness (QED) is 0.529. The molecule has 1 aliphatic rings. The second kappa shape index (κ2) is 3.64. The van der Waals surface area contributed by atoms with Crippen LogP contribution < -0.4 is 5.90 Å². The summed E-state index contributed by atoms with van der Waals surface area (Å²) in [6.07, 6.45) is 1.43. The Bertz CT molecular complexity index is 194. The first-order valence-electron chi connectivity index (χ1n) is 4.52. The molecule has 0 aromatic rings. The van der Waals surface area contributed by atoms with Crippen LogP contribution in [0.2, 0.25) is 0 Å². The van der Waals surface area contributed by atoms with Gasteiger partial charge in [-0.05, 0) is 39.5 Å². The highest BCUT2D eigenvalue weighted by molar-refractivity contribution is 5.75. The number of hydrogen-bond donors (Lipinski definition) is 1. The van der Waals surface area contributed by atoms with Gasteiger partial charge in [0.15, 0.2) is 6.10 Å². The summed E-state index contributed by atoms with van der Waals surface area (Å²) in [4.78, 5) is 16.1. The largest absolute Gasteiger partial charge is 0.458 e. The summed E-state index contributed by atoms with van der Waals surface area (Å²) in [5.41, 5.74) is -0.469. The molecule has 0 aromatic carbocycles. The van der Waals surface area contributed by atoms with Gasteiger partial charge in [-0.15, -0.1) is 0 Å². The Kier molecular flexibility index (Phi) is 2.93. The SMILES string of the molecule is CC(C)(C)OC(=O)[C@@H](ON)C1CC1. The van der Waals surface area contributed by atoms with Crippen LogP contribution in [0.15, 0.2) is 0 Å². The van der Waals surface area contributed by atoms with Crippen molar-refractivity contribution in [3.05, 3.63) is 0 Å². The molecule has 1 saturated carbocycles. The fourth-order valence-electron chi connectivity index (χ4n) is 1.12. The second-order valence-electron chi connectivity index (χ2n) is 4.43. The van der Waals surface area contributed by atoms with Crippen molar-refractivity contribution < 1.29 is 14.4 Å². The summed E-state index contributed by atoms with van der Waals surface area (Å²) in [6, 6.07) is 0. The molecule has 0 radical (unpaired) electrons. The van der Waals surface area contributed by atoms with Crippen LogP contribution in [0.4, 0.5) is 0 Å². The number of esters is 1. The summed E-state index contributed by atoms with van der Waals surface area (Å²) in [6.45, 7) is 5.47. The van der Waals surface area contributed by atoms with Crippen molar-refractivity contribution in [2.45, 2.75) is 45.3 Å². The highest BCUT2D eigenvalue weighted by Gasteiger charge is 2.39. The van der Waals surface area contributed by atoms with E-state index >= 15 is 0 Å². The van der Waals surface area contributed by atoms with E-state index in [2.05, 4.69) is 4.84 Å². The van der Waals surface area contributed by atoms with E-state index in [0.717, 1.165) is 12.8 Å². The topological polar surface area (TPSA) is 61.5 Å². The molecule has 0 aliphatic heterocycles. The molecule has 0 heterocycles. The van der Waals surface area contributed by atoms with Crippen LogP contribution in [0.1, 0.15) is 33.6 Å². The van der Waals surface area contributed by atoms with Gasteiger partial charge >= 0.3 is 5.97 Å². The van der Waals surface area contributed by atoms with E-state index in [1.165, 1.54) is 0 Å². The van der Waals surface area contributed by atoms with Crippen LogP contribution in [0, 0.1) is 5.92 Å². The molecule has 0 aromatic heterocycles. The highest BCUT2D eigenvalue weighted by Crippen LogP contribution is 2.34. The highest BCUT2D eigenvalue weighted by atomic mass is 16.7. The predicted molar refractivity (Wildman–Crippen MR) is 47.6 cm³/mol. The summed E-state index contributed by atoms with van der Waals surface area (Å²) >= 11 is 0. The molecule has 1 fully saturated rings. The van der Waals surface area contributed by atoms with E-state index in [-0.39, 0.29) is 11.9 Å². The number of rotatable bonds is 3. The third-order valence-electron chi connectivity index (χ3n) is 1.84. The van der Waals surface area contributed by atoms with Crippen LogP contribution in [-0.4, -0.2) is 17.7 Å². The monoisotopic (exact) mass is 187 g/mol. The fourth-order valence-corrected chi connectivity index (χ4v) is 1.12.